The first-order chi connectivity index (χ1) is 9.11. The Labute approximate surface area is 119 Å². The highest BCUT2D eigenvalue weighted by Gasteiger charge is 2.43. The summed E-state index contributed by atoms with van der Waals surface area (Å²) in [6, 6.07) is 8.36. The maximum absolute atomic E-state index is 12.3. The SMILES string of the molecule is CSc1ccc(C(C)NC(=O)C2(CN)CCC2)cc1. The summed E-state index contributed by atoms with van der Waals surface area (Å²) in [5.41, 5.74) is 6.60. The number of carbonyl (C=O) groups is 1. The summed E-state index contributed by atoms with van der Waals surface area (Å²) in [5, 5.41) is 3.10. The molecule has 0 spiro atoms. The van der Waals surface area contributed by atoms with E-state index >= 15 is 0 Å². The maximum Gasteiger partial charge on any atom is 0.227 e. The fraction of sp³-hybridized carbons (Fsp3) is 0.533. The van der Waals surface area contributed by atoms with E-state index in [0.29, 0.717) is 6.54 Å². The van der Waals surface area contributed by atoms with Gasteiger partial charge in [0.2, 0.25) is 5.91 Å². The summed E-state index contributed by atoms with van der Waals surface area (Å²) in [6.07, 6.45) is 5.02. The lowest BCUT2D eigenvalue weighted by molar-refractivity contribution is -0.135. The molecule has 1 saturated carbocycles. The molecule has 1 atom stereocenters. The Balaban J connectivity index is 1.99. The summed E-state index contributed by atoms with van der Waals surface area (Å²) in [7, 11) is 0. The maximum atomic E-state index is 12.3. The van der Waals surface area contributed by atoms with Gasteiger partial charge in [0.25, 0.3) is 0 Å². The van der Waals surface area contributed by atoms with E-state index in [1.807, 2.05) is 6.92 Å². The fourth-order valence-electron chi connectivity index (χ4n) is 2.45. The molecule has 19 heavy (non-hydrogen) atoms. The van der Waals surface area contributed by atoms with E-state index in [4.69, 9.17) is 5.73 Å². The van der Waals surface area contributed by atoms with Crippen LogP contribution in [-0.4, -0.2) is 18.7 Å². The fourth-order valence-corrected chi connectivity index (χ4v) is 2.86. The van der Waals surface area contributed by atoms with Crippen molar-refractivity contribution in [3.63, 3.8) is 0 Å². The predicted molar refractivity (Wildman–Crippen MR) is 80.1 cm³/mol. The second-order valence-electron chi connectivity index (χ2n) is 5.31. The smallest absolute Gasteiger partial charge is 0.227 e. The van der Waals surface area contributed by atoms with Gasteiger partial charge < -0.3 is 11.1 Å². The van der Waals surface area contributed by atoms with Crippen molar-refractivity contribution < 1.29 is 4.79 Å². The van der Waals surface area contributed by atoms with Crippen LogP contribution in [0.2, 0.25) is 0 Å². The molecule has 1 amide bonds. The van der Waals surface area contributed by atoms with Gasteiger partial charge in [-0.15, -0.1) is 11.8 Å². The van der Waals surface area contributed by atoms with Crippen molar-refractivity contribution in [2.24, 2.45) is 11.1 Å². The Morgan fingerprint density at radius 1 is 1.42 bits per heavy atom. The van der Waals surface area contributed by atoms with Crippen LogP contribution in [0.15, 0.2) is 29.2 Å². The van der Waals surface area contributed by atoms with E-state index in [0.717, 1.165) is 24.8 Å². The Bertz CT molecular complexity index is 434. The molecule has 3 N–H and O–H groups in total. The van der Waals surface area contributed by atoms with Gasteiger partial charge in [-0.1, -0.05) is 18.6 Å². The third kappa shape index (κ3) is 2.95. The molecule has 0 saturated heterocycles. The van der Waals surface area contributed by atoms with Crippen LogP contribution in [-0.2, 0) is 4.79 Å². The second kappa shape index (κ2) is 5.97. The van der Waals surface area contributed by atoms with Gasteiger partial charge in [0.05, 0.1) is 11.5 Å². The van der Waals surface area contributed by atoms with E-state index in [1.165, 1.54) is 4.90 Å². The molecule has 1 aliphatic carbocycles. The molecule has 2 rings (SSSR count). The third-order valence-electron chi connectivity index (χ3n) is 4.15. The highest BCUT2D eigenvalue weighted by atomic mass is 32.2. The van der Waals surface area contributed by atoms with Crippen LogP contribution < -0.4 is 11.1 Å². The van der Waals surface area contributed by atoms with Crippen LogP contribution in [0.1, 0.15) is 37.8 Å². The molecular weight excluding hydrogens is 256 g/mol. The number of rotatable bonds is 5. The lowest BCUT2D eigenvalue weighted by atomic mass is 9.68. The minimum absolute atomic E-state index is 0.0347. The molecular formula is C15H22N2OS. The second-order valence-corrected chi connectivity index (χ2v) is 6.19. The highest BCUT2D eigenvalue weighted by molar-refractivity contribution is 7.98. The monoisotopic (exact) mass is 278 g/mol. The normalized spacial score (nSPS) is 18.5. The zero-order chi connectivity index (χ0) is 13.9. The first kappa shape index (κ1) is 14.4. The number of nitrogens with two attached hydrogens (primary N) is 1. The van der Waals surface area contributed by atoms with Gasteiger partial charge in [0.15, 0.2) is 0 Å². The van der Waals surface area contributed by atoms with Crippen LogP contribution in [0.3, 0.4) is 0 Å². The van der Waals surface area contributed by atoms with Gasteiger partial charge in [0.1, 0.15) is 0 Å². The van der Waals surface area contributed by atoms with Crippen LogP contribution in [0.25, 0.3) is 0 Å². The topological polar surface area (TPSA) is 55.1 Å². The molecule has 3 nitrogen and oxygen atoms in total. The van der Waals surface area contributed by atoms with Gasteiger partial charge in [-0.2, -0.15) is 0 Å². The quantitative estimate of drug-likeness (QED) is 0.814. The van der Waals surface area contributed by atoms with E-state index < -0.39 is 0 Å². The lowest BCUT2D eigenvalue weighted by Crippen LogP contribution is -2.50. The number of thioether (sulfide) groups is 1. The summed E-state index contributed by atoms with van der Waals surface area (Å²) >= 11 is 1.72. The van der Waals surface area contributed by atoms with Gasteiger partial charge >= 0.3 is 0 Å². The van der Waals surface area contributed by atoms with Gasteiger partial charge in [-0.3, -0.25) is 4.79 Å². The Morgan fingerprint density at radius 3 is 2.47 bits per heavy atom. The predicted octanol–water partition coefficient (Wildman–Crippen LogP) is 2.71. The summed E-state index contributed by atoms with van der Waals surface area (Å²) in [5.74, 6) is 0.114. The summed E-state index contributed by atoms with van der Waals surface area (Å²) in [6.45, 7) is 2.48. The number of benzene rings is 1. The molecule has 0 bridgehead atoms. The van der Waals surface area contributed by atoms with E-state index in [2.05, 4.69) is 35.8 Å². The zero-order valence-electron chi connectivity index (χ0n) is 11.6. The zero-order valence-corrected chi connectivity index (χ0v) is 12.4. The first-order valence-electron chi connectivity index (χ1n) is 6.76. The van der Waals surface area contributed by atoms with Crippen molar-refractivity contribution >= 4 is 17.7 Å². The number of carbonyl (C=O) groups excluding carboxylic acids is 1. The standard InChI is InChI=1S/C15H22N2OS/c1-11(12-4-6-13(19-2)7-5-12)17-14(18)15(10-16)8-3-9-15/h4-7,11H,3,8-10,16H2,1-2H3,(H,17,18). The average Bonchev–Trinajstić information content (AvgIpc) is 2.38. The minimum Gasteiger partial charge on any atom is -0.349 e. The summed E-state index contributed by atoms with van der Waals surface area (Å²) < 4.78 is 0. The molecule has 1 aliphatic rings. The van der Waals surface area contributed by atoms with Crippen molar-refractivity contribution in [2.45, 2.75) is 37.1 Å². The third-order valence-corrected chi connectivity index (χ3v) is 4.89. The minimum atomic E-state index is -0.298. The highest BCUT2D eigenvalue weighted by Crippen LogP contribution is 2.40. The van der Waals surface area contributed by atoms with Crippen LogP contribution >= 0.6 is 11.8 Å². The van der Waals surface area contributed by atoms with Crippen molar-refractivity contribution in [1.82, 2.24) is 5.32 Å². The van der Waals surface area contributed by atoms with Gasteiger partial charge in [-0.25, -0.2) is 0 Å². The van der Waals surface area contributed by atoms with Crippen LogP contribution in [0.4, 0.5) is 0 Å². The average molecular weight is 278 g/mol. The van der Waals surface area contributed by atoms with Crippen molar-refractivity contribution in [3.8, 4) is 0 Å². The first-order valence-corrected chi connectivity index (χ1v) is 7.99. The number of amides is 1. The Hall–Kier alpha value is -1.00. The molecule has 4 heteroatoms. The van der Waals surface area contributed by atoms with E-state index in [-0.39, 0.29) is 17.4 Å². The Kier molecular flexibility index (Phi) is 4.53. The molecule has 104 valence electrons. The molecule has 0 heterocycles. The number of hydrogen-bond donors (Lipinski definition) is 2. The van der Waals surface area contributed by atoms with E-state index in [9.17, 15) is 4.79 Å². The molecule has 1 unspecified atom stereocenters. The largest absolute Gasteiger partial charge is 0.349 e. The van der Waals surface area contributed by atoms with Gasteiger partial charge in [-0.05, 0) is 43.7 Å². The number of nitrogens with one attached hydrogen (secondary N) is 1. The molecule has 0 aliphatic heterocycles. The lowest BCUT2D eigenvalue weighted by Gasteiger charge is -2.39. The number of hydrogen-bond acceptors (Lipinski definition) is 3. The van der Waals surface area contributed by atoms with Crippen LogP contribution in [0, 0.1) is 5.41 Å². The summed E-state index contributed by atoms with van der Waals surface area (Å²) in [4.78, 5) is 13.5. The molecule has 0 radical (unpaired) electrons. The molecule has 1 fully saturated rings. The van der Waals surface area contributed by atoms with Crippen molar-refractivity contribution in [3.05, 3.63) is 29.8 Å². The molecule has 1 aromatic rings. The molecule has 1 aromatic carbocycles. The van der Waals surface area contributed by atoms with Gasteiger partial charge in [0, 0.05) is 11.4 Å². The Morgan fingerprint density at radius 2 is 2.05 bits per heavy atom. The van der Waals surface area contributed by atoms with E-state index in [1.54, 1.807) is 11.8 Å². The van der Waals surface area contributed by atoms with Crippen LogP contribution in [0.5, 0.6) is 0 Å². The molecule has 0 aromatic heterocycles. The van der Waals surface area contributed by atoms with Crippen molar-refractivity contribution in [2.75, 3.05) is 12.8 Å². The van der Waals surface area contributed by atoms with Crippen molar-refractivity contribution in [1.29, 1.82) is 0 Å².